The van der Waals surface area contributed by atoms with Gasteiger partial charge >= 0.3 is 5.97 Å². The molecule has 3 rings (SSSR count). The van der Waals surface area contributed by atoms with Gasteiger partial charge in [0, 0.05) is 4.90 Å². The smallest absolute Gasteiger partial charge is 0.325 e. The molecule has 0 saturated carbocycles. The van der Waals surface area contributed by atoms with Gasteiger partial charge < -0.3 is 10.1 Å². The third-order valence-electron chi connectivity index (χ3n) is 4.23. The molecule has 1 N–H and O–H groups in total. The maximum absolute atomic E-state index is 13.7. The minimum absolute atomic E-state index is 0.0284. The molecule has 2 atom stereocenters. The van der Waals surface area contributed by atoms with Crippen molar-refractivity contribution >= 4 is 23.6 Å². The van der Waals surface area contributed by atoms with Crippen LogP contribution in [0.4, 0.5) is 4.39 Å². The number of rotatable bonds is 4. The average Bonchev–Trinajstić information content (AvgIpc) is 2.93. The number of thioether (sulfide) groups is 1. The highest BCUT2D eigenvalue weighted by molar-refractivity contribution is 8.01. The van der Waals surface area contributed by atoms with E-state index in [1.165, 1.54) is 31.0 Å². The van der Waals surface area contributed by atoms with Crippen LogP contribution < -0.4 is 5.32 Å². The van der Waals surface area contributed by atoms with Crippen LogP contribution in [0.5, 0.6) is 0 Å². The lowest BCUT2D eigenvalue weighted by molar-refractivity contribution is -0.144. The Morgan fingerprint density at radius 1 is 1.28 bits per heavy atom. The van der Waals surface area contributed by atoms with Crippen LogP contribution in [0.2, 0.25) is 0 Å². The second-order valence-corrected chi connectivity index (χ2v) is 7.43. The fourth-order valence-electron chi connectivity index (χ4n) is 3.02. The summed E-state index contributed by atoms with van der Waals surface area (Å²) in [7, 11) is 1.30. The van der Waals surface area contributed by atoms with E-state index in [4.69, 9.17) is 4.74 Å². The Morgan fingerprint density at radius 2 is 2.00 bits per heavy atom. The van der Waals surface area contributed by atoms with Crippen LogP contribution in [0.25, 0.3) is 0 Å². The van der Waals surface area contributed by atoms with Crippen molar-refractivity contribution in [2.24, 2.45) is 0 Å². The molecule has 4 nitrogen and oxygen atoms in total. The van der Waals surface area contributed by atoms with E-state index in [0.717, 1.165) is 10.5 Å². The summed E-state index contributed by atoms with van der Waals surface area (Å²) in [6, 6.07) is 12.9. The van der Waals surface area contributed by atoms with Crippen molar-refractivity contribution in [3.63, 3.8) is 0 Å². The molecule has 2 aromatic carbocycles. The van der Waals surface area contributed by atoms with Gasteiger partial charge in [-0.3, -0.25) is 9.59 Å². The topological polar surface area (TPSA) is 55.4 Å². The molecule has 0 bridgehead atoms. The van der Waals surface area contributed by atoms with Crippen molar-refractivity contribution < 1.29 is 18.7 Å². The van der Waals surface area contributed by atoms with E-state index in [1.54, 1.807) is 12.1 Å². The minimum atomic E-state index is -1.19. The van der Waals surface area contributed by atoms with Gasteiger partial charge in [0.05, 0.1) is 19.6 Å². The van der Waals surface area contributed by atoms with Crippen LogP contribution in [-0.2, 0) is 14.3 Å². The predicted molar refractivity (Wildman–Crippen MR) is 93.7 cm³/mol. The summed E-state index contributed by atoms with van der Waals surface area (Å²) in [6.07, 6.45) is -0.0284. The first-order valence-corrected chi connectivity index (χ1v) is 8.65. The highest BCUT2D eigenvalue weighted by atomic mass is 32.2. The average molecular weight is 359 g/mol. The first kappa shape index (κ1) is 17.5. The van der Waals surface area contributed by atoms with E-state index in [0.29, 0.717) is 5.56 Å². The zero-order valence-corrected chi connectivity index (χ0v) is 14.7. The normalized spacial score (nSPS) is 22.5. The molecule has 1 saturated heterocycles. The van der Waals surface area contributed by atoms with Gasteiger partial charge in [-0.25, -0.2) is 4.39 Å². The number of halogens is 1. The van der Waals surface area contributed by atoms with Gasteiger partial charge in [-0.05, 0) is 36.8 Å². The molecule has 6 heteroatoms. The molecule has 130 valence electrons. The number of aryl methyl sites for hydroxylation is 1. The van der Waals surface area contributed by atoms with E-state index in [-0.39, 0.29) is 12.3 Å². The number of carbonyl (C=O) groups excluding carboxylic acids is 2. The van der Waals surface area contributed by atoms with Gasteiger partial charge in [0.2, 0.25) is 5.91 Å². The second-order valence-electron chi connectivity index (χ2n) is 6.03. The van der Waals surface area contributed by atoms with Gasteiger partial charge in [-0.1, -0.05) is 29.8 Å². The molecule has 0 aliphatic carbocycles. The third kappa shape index (κ3) is 3.39. The standard InChI is InChI=1S/C19H18FNO3S/c1-12-6-8-15(9-7-12)25-19(18(23)24-2)11-16(22)21-17(19)13-4-3-5-14(20)10-13/h3-10,17H,11H2,1-2H3,(H,21,22). The number of esters is 1. The lowest BCUT2D eigenvalue weighted by Crippen LogP contribution is -2.41. The first-order valence-electron chi connectivity index (χ1n) is 7.83. The van der Waals surface area contributed by atoms with E-state index in [2.05, 4.69) is 5.32 Å². The van der Waals surface area contributed by atoms with Crippen LogP contribution in [0, 0.1) is 12.7 Å². The van der Waals surface area contributed by atoms with Crippen LogP contribution >= 0.6 is 11.8 Å². The SMILES string of the molecule is COC(=O)C1(Sc2ccc(C)cc2)CC(=O)NC1c1cccc(F)c1. The molecule has 2 aromatic rings. The molecular weight excluding hydrogens is 341 g/mol. The number of methoxy groups -OCH3 is 1. The number of hydrogen-bond donors (Lipinski definition) is 1. The molecule has 25 heavy (non-hydrogen) atoms. The maximum atomic E-state index is 13.7. The van der Waals surface area contributed by atoms with Gasteiger partial charge in [-0.2, -0.15) is 0 Å². The van der Waals surface area contributed by atoms with Gasteiger partial charge in [0.25, 0.3) is 0 Å². The molecule has 0 spiro atoms. The lowest BCUT2D eigenvalue weighted by atomic mass is 9.93. The van der Waals surface area contributed by atoms with Gasteiger partial charge in [-0.15, -0.1) is 11.8 Å². The molecule has 1 heterocycles. The van der Waals surface area contributed by atoms with E-state index in [9.17, 15) is 14.0 Å². The highest BCUT2D eigenvalue weighted by Crippen LogP contribution is 2.49. The molecule has 0 radical (unpaired) electrons. The zero-order chi connectivity index (χ0) is 18.0. The summed E-state index contributed by atoms with van der Waals surface area (Å²) in [5.74, 6) is -1.19. The Morgan fingerprint density at radius 3 is 2.64 bits per heavy atom. The van der Waals surface area contributed by atoms with Gasteiger partial charge in [0.15, 0.2) is 4.75 Å². The summed E-state index contributed by atoms with van der Waals surface area (Å²) in [5.41, 5.74) is 1.63. The fraction of sp³-hybridized carbons (Fsp3) is 0.263. The van der Waals surface area contributed by atoms with Crippen LogP contribution in [0.15, 0.2) is 53.4 Å². The summed E-state index contributed by atoms with van der Waals surface area (Å²) in [4.78, 5) is 25.7. The molecule has 2 unspecified atom stereocenters. The van der Waals surface area contributed by atoms with Crippen LogP contribution in [0.3, 0.4) is 0 Å². The molecule has 1 amide bonds. The third-order valence-corrected chi connectivity index (χ3v) is 5.65. The minimum Gasteiger partial charge on any atom is -0.468 e. The van der Waals surface area contributed by atoms with Crippen molar-refractivity contribution in [2.45, 2.75) is 29.0 Å². The van der Waals surface area contributed by atoms with Crippen LogP contribution in [0.1, 0.15) is 23.6 Å². The number of nitrogens with one attached hydrogen (secondary N) is 1. The molecule has 1 fully saturated rings. The summed E-state index contributed by atoms with van der Waals surface area (Å²) in [6.45, 7) is 1.97. The highest BCUT2D eigenvalue weighted by Gasteiger charge is 2.55. The lowest BCUT2D eigenvalue weighted by Gasteiger charge is -2.31. The van der Waals surface area contributed by atoms with Crippen molar-refractivity contribution in [1.29, 1.82) is 0 Å². The predicted octanol–water partition coefficient (Wildman–Crippen LogP) is 3.40. The maximum Gasteiger partial charge on any atom is 0.325 e. The Kier molecular flexibility index (Phi) is 4.81. The molecule has 1 aliphatic rings. The Hall–Kier alpha value is -2.34. The zero-order valence-electron chi connectivity index (χ0n) is 13.9. The van der Waals surface area contributed by atoms with Crippen molar-refractivity contribution in [3.05, 3.63) is 65.5 Å². The van der Waals surface area contributed by atoms with E-state index >= 15 is 0 Å². The second kappa shape index (κ2) is 6.88. The quantitative estimate of drug-likeness (QED) is 0.850. The van der Waals surface area contributed by atoms with Crippen molar-refractivity contribution in [1.82, 2.24) is 5.32 Å². The van der Waals surface area contributed by atoms with Gasteiger partial charge in [0.1, 0.15) is 5.82 Å². The number of benzene rings is 2. The Balaban J connectivity index is 2.06. The molecule has 0 aromatic heterocycles. The number of carbonyl (C=O) groups is 2. The first-order chi connectivity index (χ1) is 11.9. The van der Waals surface area contributed by atoms with Crippen LogP contribution in [-0.4, -0.2) is 23.7 Å². The Labute approximate surface area is 149 Å². The summed E-state index contributed by atoms with van der Waals surface area (Å²) < 4.78 is 17.5. The molecule has 1 aliphatic heterocycles. The monoisotopic (exact) mass is 359 g/mol. The fourth-order valence-corrected chi connectivity index (χ4v) is 4.40. The van der Waals surface area contributed by atoms with E-state index < -0.39 is 22.6 Å². The molecular formula is C19H18FNO3S. The number of amides is 1. The Bertz CT molecular complexity index is 809. The largest absolute Gasteiger partial charge is 0.468 e. The summed E-state index contributed by atoms with van der Waals surface area (Å²) >= 11 is 1.27. The van der Waals surface area contributed by atoms with Crippen molar-refractivity contribution in [2.75, 3.05) is 7.11 Å². The summed E-state index contributed by atoms with van der Waals surface area (Å²) in [5, 5.41) is 2.81. The number of ether oxygens (including phenoxy) is 1. The number of hydrogen-bond acceptors (Lipinski definition) is 4. The van der Waals surface area contributed by atoms with E-state index in [1.807, 2.05) is 31.2 Å². The van der Waals surface area contributed by atoms with Crippen molar-refractivity contribution in [3.8, 4) is 0 Å².